The first-order valence-corrected chi connectivity index (χ1v) is 16.0. The van der Waals surface area contributed by atoms with Crippen molar-refractivity contribution in [2.24, 2.45) is 13.0 Å². The maximum atomic E-state index is 15.7. The van der Waals surface area contributed by atoms with Crippen molar-refractivity contribution in [3.63, 3.8) is 0 Å². The van der Waals surface area contributed by atoms with Crippen molar-refractivity contribution < 1.29 is 31.1 Å². The summed E-state index contributed by atoms with van der Waals surface area (Å²) in [6.45, 7) is 2.44. The number of benzene rings is 1. The predicted octanol–water partition coefficient (Wildman–Crippen LogP) is 5.28. The van der Waals surface area contributed by atoms with E-state index in [-0.39, 0.29) is 33.2 Å². The molecule has 1 unspecified atom stereocenters. The van der Waals surface area contributed by atoms with Crippen molar-refractivity contribution in [2.45, 2.75) is 43.5 Å². The van der Waals surface area contributed by atoms with Gasteiger partial charge in [0.1, 0.15) is 11.6 Å². The molecule has 1 aliphatic rings. The zero-order valence-corrected chi connectivity index (χ0v) is 25.4. The summed E-state index contributed by atoms with van der Waals surface area (Å²) in [5.41, 5.74) is 2.99. The van der Waals surface area contributed by atoms with Crippen LogP contribution in [0.1, 0.15) is 37.2 Å². The van der Waals surface area contributed by atoms with Crippen LogP contribution in [-0.4, -0.2) is 69.9 Å². The van der Waals surface area contributed by atoms with Crippen molar-refractivity contribution in [3.05, 3.63) is 59.9 Å². The van der Waals surface area contributed by atoms with Crippen LogP contribution in [0, 0.1) is 18.7 Å². The number of nitrogens with zero attached hydrogens (tertiary/aromatic N) is 6. The second-order valence-electron chi connectivity index (χ2n) is 11.3. The Balaban J connectivity index is 1.78. The lowest BCUT2D eigenvalue weighted by Crippen LogP contribution is -2.28. The Bertz CT molecular complexity index is 1960. The third-order valence-electron chi connectivity index (χ3n) is 7.91. The number of ether oxygens (including phenoxy) is 2. The van der Waals surface area contributed by atoms with Crippen molar-refractivity contribution in [1.82, 2.24) is 29.5 Å². The predicted molar refractivity (Wildman–Crippen MR) is 157 cm³/mol. The van der Waals surface area contributed by atoms with Crippen LogP contribution in [0.25, 0.3) is 33.2 Å². The van der Waals surface area contributed by atoms with Gasteiger partial charge < -0.3 is 14.0 Å². The highest BCUT2D eigenvalue weighted by molar-refractivity contribution is 7.91. The lowest BCUT2D eigenvalue weighted by Gasteiger charge is -2.32. The standard InChI is InChI=1S/C30H31F3N6O4S/c1-17-27(38(3)37-36-17)19-14-21-26(35-15-19)24-22(43-16-30(2,32)33)7-8-23(44(4,40)41)29(24)39(21)28(18-9-12-42-13-10-18)25-20(31)6-5-11-34-25/h5-8,11,14-15,18,28H,9-10,12-13,16H2,1-4H3. The third-order valence-corrected chi connectivity index (χ3v) is 9.04. The second-order valence-corrected chi connectivity index (χ2v) is 13.3. The number of hydrogen-bond acceptors (Lipinski definition) is 8. The summed E-state index contributed by atoms with van der Waals surface area (Å²) < 4.78 is 84.9. The monoisotopic (exact) mass is 628 g/mol. The number of pyridine rings is 2. The molecule has 1 aromatic carbocycles. The molecule has 4 aromatic heterocycles. The maximum absolute atomic E-state index is 15.7. The lowest BCUT2D eigenvalue weighted by atomic mass is 9.88. The smallest absolute Gasteiger partial charge is 0.278 e. The van der Waals surface area contributed by atoms with Gasteiger partial charge in [-0.1, -0.05) is 5.21 Å². The molecule has 1 saturated heterocycles. The molecule has 10 nitrogen and oxygen atoms in total. The number of halogens is 3. The minimum absolute atomic E-state index is 0.0310. The number of sulfone groups is 1. The molecule has 14 heteroatoms. The van der Waals surface area contributed by atoms with E-state index >= 15 is 4.39 Å². The molecule has 6 rings (SSSR count). The fourth-order valence-electron chi connectivity index (χ4n) is 6.07. The van der Waals surface area contributed by atoms with E-state index < -0.39 is 34.2 Å². The molecular weight excluding hydrogens is 597 g/mol. The van der Waals surface area contributed by atoms with Crippen LogP contribution in [0.15, 0.2) is 47.6 Å². The van der Waals surface area contributed by atoms with Crippen molar-refractivity contribution in [2.75, 3.05) is 26.1 Å². The van der Waals surface area contributed by atoms with Gasteiger partial charge in [-0.2, -0.15) is 0 Å². The zero-order chi connectivity index (χ0) is 31.4. The Labute approximate surface area is 251 Å². The molecule has 1 aliphatic heterocycles. The zero-order valence-electron chi connectivity index (χ0n) is 24.6. The van der Waals surface area contributed by atoms with Gasteiger partial charge in [0.25, 0.3) is 5.92 Å². The van der Waals surface area contributed by atoms with E-state index in [1.165, 1.54) is 30.5 Å². The Kier molecular flexibility index (Phi) is 7.60. The van der Waals surface area contributed by atoms with E-state index in [4.69, 9.17) is 14.5 Å². The normalized spacial score (nSPS) is 15.7. The fourth-order valence-corrected chi connectivity index (χ4v) is 6.94. The second kappa shape index (κ2) is 11.1. The van der Waals surface area contributed by atoms with E-state index in [0.717, 1.165) is 13.2 Å². The molecule has 0 radical (unpaired) electrons. The summed E-state index contributed by atoms with van der Waals surface area (Å²) in [5, 5.41) is 8.48. The van der Waals surface area contributed by atoms with Crippen LogP contribution in [-0.2, 0) is 21.6 Å². The molecule has 0 aliphatic carbocycles. The average molecular weight is 629 g/mol. The molecular formula is C30H31F3N6O4S. The van der Waals surface area contributed by atoms with Crippen LogP contribution in [0.5, 0.6) is 5.75 Å². The Morgan fingerprint density at radius 1 is 1.18 bits per heavy atom. The maximum Gasteiger partial charge on any atom is 0.278 e. The molecule has 5 aromatic rings. The van der Waals surface area contributed by atoms with E-state index in [0.29, 0.717) is 54.0 Å². The van der Waals surface area contributed by atoms with Gasteiger partial charge in [-0.05, 0) is 56.0 Å². The summed E-state index contributed by atoms with van der Waals surface area (Å²) >= 11 is 0. The van der Waals surface area contributed by atoms with Crippen LogP contribution in [0.3, 0.4) is 0 Å². The van der Waals surface area contributed by atoms with Gasteiger partial charge in [0.2, 0.25) is 0 Å². The minimum atomic E-state index is -3.90. The summed E-state index contributed by atoms with van der Waals surface area (Å²) in [5.74, 6) is -3.91. The molecule has 232 valence electrons. The number of aromatic nitrogens is 6. The highest BCUT2D eigenvalue weighted by Gasteiger charge is 2.36. The molecule has 0 amide bonds. The van der Waals surface area contributed by atoms with Crippen LogP contribution in [0.2, 0.25) is 0 Å². The van der Waals surface area contributed by atoms with Crippen molar-refractivity contribution in [1.29, 1.82) is 0 Å². The summed E-state index contributed by atoms with van der Waals surface area (Å²) in [6.07, 6.45) is 5.24. The van der Waals surface area contributed by atoms with Gasteiger partial charge in [-0.3, -0.25) is 9.97 Å². The minimum Gasteiger partial charge on any atom is -0.487 e. The van der Waals surface area contributed by atoms with Crippen LogP contribution >= 0.6 is 0 Å². The van der Waals surface area contributed by atoms with Crippen LogP contribution < -0.4 is 4.74 Å². The molecule has 1 atom stereocenters. The highest BCUT2D eigenvalue weighted by atomic mass is 32.2. The molecule has 0 bridgehead atoms. The van der Waals surface area contributed by atoms with E-state index in [9.17, 15) is 17.2 Å². The van der Waals surface area contributed by atoms with Gasteiger partial charge >= 0.3 is 0 Å². The molecule has 0 N–H and O–H groups in total. The molecule has 5 heterocycles. The number of alkyl halides is 2. The van der Waals surface area contributed by atoms with Gasteiger partial charge in [-0.25, -0.2) is 26.3 Å². The summed E-state index contributed by atoms with van der Waals surface area (Å²) in [4.78, 5) is 9.12. The summed E-state index contributed by atoms with van der Waals surface area (Å²) in [7, 11) is -2.16. The van der Waals surface area contributed by atoms with E-state index in [1.54, 1.807) is 29.4 Å². The fraction of sp³-hybridized carbons (Fsp3) is 0.400. The van der Waals surface area contributed by atoms with Crippen molar-refractivity contribution in [3.8, 4) is 17.0 Å². The number of fused-ring (bicyclic) bond motifs is 3. The average Bonchev–Trinajstić information content (AvgIpc) is 3.48. The summed E-state index contributed by atoms with van der Waals surface area (Å²) in [6, 6.07) is 6.51. The van der Waals surface area contributed by atoms with Gasteiger partial charge in [0, 0.05) is 51.4 Å². The van der Waals surface area contributed by atoms with Crippen LogP contribution in [0.4, 0.5) is 13.2 Å². The van der Waals surface area contributed by atoms with Gasteiger partial charge in [0.15, 0.2) is 16.4 Å². The third kappa shape index (κ3) is 5.40. The quantitative estimate of drug-likeness (QED) is 0.228. The molecule has 1 fully saturated rings. The number of rotatable bonds is 8. The largest absolute Gasteiger partial charge is 0.487 e. The van der Waals surface area contributed by atoms with E-state index in [1.807, 2.05) is 6.07 Å². The number of hydrogen-bond donors (Lipinski definition) is 0. The highest BCUT2D eigenvalue weighted by Crippen LogP contribution is 2.45. The van der Waals surface area contributed by atoms with E-state index in [2.05, 4.69) is 15.3 Å². The molecule has 0 spiro atoms. The molecule has 44 heavy (non-hydrogen) atoms. The Hall–Kier alpha value is -4.04. The Morgan fingerprint density at radius 3 is 2.57 bits per heavy atom. The van der Waals surface area contributed by atoms with Crippen molar-refractivity contribution >= 4 is 31.8 Å². The number of aryl methyl sites for hydroxylation is 2. The Morgan fingerprint density at radius 2 is 1.93 bits per heavy atom. The topological polar surface area (TPSA) is 114 Å². The molecule has 0 saturated carbocycles. The van der Waals surface area contributed by atoms with Gasteiger partial charge in [0.05, 0.1) is 50.0 Å². The first-order valence-electron chi connectivity index (χ1n) is 14.1. The SMILES string of the molecule is Cc1nnn(C)c1-c1cnc2c3c(OCC(C)(F)F)ccc(S(C)(=O)=O)c3n(C(c3ncccc3F)C3CCOCC3)c2c1. The lowest BCUT2D eigenvalue weighted by molar-refractivity contribution is -0.0225. The first-order chi connectivity index (χ1) is 20.8. The first kappa shape index (κ1) is 30.0. The van der Waals surface area contributed by atoms with Gasteiger partial charge in [-0.15, -0.1) is 5.10 Å².